The van der Waals surface area contributed by atoms with Crippen molar-refractivity contribution >= 4 is 5.97 Å². The molecule has 1 aromatic rings. The van der Waals surface area contributed by atoms with Gasteiger partial charge in [0.25, 0.3) is 0 Å². The number of hydrogen-bond donors (Lipinski definition) is 1. The first kappa shape index (κ1) is 14.0. The molecular weight excluding hydrogens is 240 g/mol. The van der Waals surface area contributed by atoms with Crippen LogP contribution in [0.1, 0.15) is 18.4 Å². The predicted molar refractivity (Wildman–Crippen MR) is 74.7 cm³/mol. The standard InChI is InChI=1S/C15H22N2O2/c1-17-9-7-13(8-10-17)19-15(18)14(16)11-12-5-3-2-4-6-12/h2-6,13-14H,7-11,16H2,1H3. The molecule has 1 fully saturated rings. The lowest BCUT2D eigenvalue weighted by atomic mass is 10.1. The van der Waals surface area contributed by atoms with Crippen molar-refractivity contribution in [3.8, 4) is 0 Å². The molecule has 1 atom stereocenters. The summed E-state index contributed by atoms with van der Waals surface area (Å²) in [6, 6.07) is 9.23. The molecule has 0 spiro atoms. The fraction of sp³-hybridized carbons (Fsp3) is 0.533. The smallest absolute Gasteiger partial charge is 0.323 e. The van der Waals surface area contributed by atoms with Gasteiger partial charge in [0, 0.05) is 13.1 Å². The SMILES string of the molecule is CN1CCC(OC(=O)C(N)Cc2ccccc2)CC1. The Balaban J connectivity index is 1.79. The Morgan fingerprint density at radius 1 is 1.37 bits per heavy atom. The first-order valence-electron chi connectivity index (χ1n) is 6.83. The third-order valence-electron chi connectivity index (χ3n) is 3.55. The molecule has 1 aromatic carbocycles. The summed E-state index contributed by atoms with van der Waals surface area (Å²) in [5.74, 6) is -0.279. The first-order chi connectivity index (χ1) is 9.15. The molecule has 0 amide bonds. The Morgan fingerprint density at radius 3 is 2.63 bits per heavy atom. The van der Waals surface area contributed by atoms with Crippen molar-refractivity contribution in [3.63, 3.8) is 0 Å². The molecule has 4 heteroatoms. The summed E-state index contributed by atoms with van der Waals surface area (Å²) >= 11 is 0. The van der Waals surface area contributed by atoms with Gasteiger partial charge in [-0.3, -0.25) is 4.79 Å². The molecule has 1 saturated heterocycles. The van der Waals surface area contributed by atoms with Crippen LogP contribution in [0.2, 0.25) is 0 Å². The van der Waals surface area contributed by atoms with Crippen LogP contribution < -0.4 is 5.73 Å². The topological polar surface area (TPSA) is 55.6 Å². The maximum Gasteiger partial charge on any atom is 0.323 e. The highest BCUT2D eigenvalue weighted by Crippen LogP contribution is 2.13. The van der Waals surface area contributed by atoms with Crippen LogP contribution >= 0.6 is 0 Å². The molecule has 2 rings (SSSR count). The molecule has 0 aliphatic carbocycles. The number of benzene rings is 1. The Hall–Kier alpha value is -1.39. The zero-order valence-electron chi connectivity index (χ0n) is 11.4. The highest BCUT2D eigenvalue weighted by Gasteiger charge is 2.23. The lowest BCUT2D eigenvalue weighted by Crippen LogP contribution is -2.40. The summed E-state index contributed by atoms with van der Waals surface area (Å²) in [6.07, 6.45) is 2.37. The minimum absolute atomic E-state index is 0.0329. The van der Waals surface area contributed by atoms with Crippen molar-refractivity contribution in [3.05, 3.63) is 35.9 Å². The number of rotatable bonds is 4. The van der Waals surface area contributed by atoms with Crippen molar-refractivity contribution < 1.29 is 9.53 Å². The van der Waals surface area contributed by atoms with E-state index in [2.05, 4.69) is 11.9 Å². The molecule has 0 radical (unpaired) electrons. The van der Waals surface area contributed by atoms with Gasteiger partial charge in [0.05, 0.1) is 0 Å². The number of carbonyl (C=O) groups excluding carboxylic acids is 1. The molecule has 0 bridgehead atoms. The van der Waals surface area contributed by atoms with Gasteiger partial charge in [-0.2, -0.15) is 0 Å². The molecule has 1 unspecified atom stereocenters. The van der Waals surface area contributed by atoms with Crippen molar-refractivity contribution in [1.29, 1.82) is 0 Å². The average Bonchev–Trinajstić information content (AvgIpc) is 2.42. The van der Waals surface area contributed by atoms with Crippen LogP contribution in [-0.4, -0.2) is 43.2 Å². The quantitative estimate of drug-likeness (QED) is 0.828. The molecule has 104 valence electrons. The van der Waals surface area contributed by atoms with Crippen LogP contribution in [0.5, 0.6) is 0 Å². The third-order valence-corrected chi connectivity index (χ3v) is 3.55. The molecule has 0 saturated carbocycles. The van der Waals surface area contributed by atoms with Crippen molar-refractivity contribution in [2.45, 2.75) is 31.4 Å². The van der Waals surface area contributed by atoms with Gasteiger partial charge in [-0.15, -0.1) is 0 Å². The maximum absolute atomic E-state index is 11.9. The second kappa shape index (κ2) is 6.68. The number of ether oxygens (including phenoxy) is 1. The van der Waals surface area contributed by atoms with Gasteiger partial charge in [0.2, 0.25) is 0 Å². The monoisotopic (exact) mass is 262 g/mol. The summed E-state index contributed by atoms with van der Waals surface area (Å²) in [5, 5.41) is 0. The summed E-state index contributed by atoms with van der Waals surface area (Å²) in [5.41, 5.74) is 6.97. The lowest BCUT2D eigenvalue weighted by Gasteiger charge is -2.29. The minimum atomic E-state index is -0.568. The van der Waals surface area contributed by atoms with E-state index in [0.717, 1.165) is 31.5 Å². The summed E-state index contributed by atoms with van der Waals surface area (Å²) in [4.78, 5) is 14.2. The highest BCUT2D eigenvalue weighted by molar-refractivity contribution is 5.76. The Kier molecular flexibility index (Phi) is 4.93. The van der Waals surface area contributed by atoms with Crippen LogP contribution in [0.4, 0.5) is 0 Å². The van der Waals surface area contributed by atoms with E-state index in [0.29, 0.717) is 6.42 Å². The van der Waals surface area contributed by atoms with Crippen molar-refractivity contribution in [2.75, 3.05) is 20.1 Å². The Bertz CT molecular complexity index is 400. The van der Waals surface area contributed by atoms with E-state index in [-0.39, 0.29) is 12.1 Å². The molecule has 19 heavy (non-hydrogen) atoms. The molecule has 4 nitrogen and oxygen atoms in total. The largest absolute Gasteiger partial charge is 0.461 e. The van der Waals surface area contributed by atoms with E-state index in [9.17, 15) is 4.79 Å². The normalized spacial score (nSPS) is 19.1. The van der Waals surface area contributed by atoms with Crippen LogP contribution in [0.3, 0.4) is 0 Å². The molecule has 1 heterocycles. The predicted octanol–water partition coefficient (Wildman–Crippen LogP) is 1.19. The Labute approximate surface area is 114 Å². The second-order valence-corrected chi connectivity index (χ2v) is 5.24. The van der Waals surface area contributed by atoms with E-state index >= 15 is 0 Å². The van der Waals surface area contributed by atoms with E-state index in [4.69, 9.17) is 10.5 Å². The Morgan fingerprint density at radius 2 is 2.00 bits per heavy atom. The number of hydrogen-bond acceptors (Lipinski definition) is 4. The lowest BCUT2D eigenvalue weighted by molar-refractivity contribution is -0.152. The van der Waals surface area contributed by atoms with Crippen LogP contribution in [0, 0.1) is 0 Å². The first-order valence-corrected chi connectivity index (χ1v) is 6.83. The number of nitrogens with two attached hydrogens (primary N) is 1. The van der Waals surface area contributed by atoms with E-state index in [1.807, 2.05) is 30.3 Å². The van der Waals surface area contributed by atoms with Crippen LogP contribution in [0.15, 0.2) is 30.3 Å². The van der Waals surface area contributed by atoms with E-state index < -0.39 is 6.04 Å². The maximum atomic E-state index is 11.9. The number of likely N-dealkylation sites (tertiary alicyclic amines) is 1. The summed E-state index contributed by atoms with van der Waals surface area (Å²) < 4.78 is 5.48. The summed E-state index contributed by atoms with van der Waals surface area (Å²) in [7, 11) is 2.08. The molecule has 1 aliphatic rings. The molecule has 1 aliphatic heterocycles. The molecule has 2 N–H and O–H groups in total. The molecular formula is C15H22N2O2. The minimum Gasteiger partial charge on any atom is -0.461 e. The third kappa shape index (κ3) is 4.33. The zero-order chi connectivity index (χ0) is 13.7. The van der Waals surface area contributed by atoms with Crippen LogP contribution in [-0.2, 0) is 16.0 Å². The number of nitrogens with zero attached hydrogens (tertiary/aromatic N) is 1. The highest BCUT2D eigenvalue weighted by atomic mass is 16.5. The van der Waals surface area contributed by atoms with E-state index in [1.165, 1.54) is 0 Å². The van der Waals surface area contributed by atoms with Gasteiger partial charge < -0.3 is 15.4 Å². The van der Waals surface area contributed by atoms with Crippen molar-refractivity contribution in [2.24, 2.45) is 5.73 Å². The van der Waals surface area contributed by atoms with E-state index in [1.54, 1.807) is 0 Å². The second-order valence-electron chi connectivity index (χ2n) is 5.24. The van der Waals surface area contributed by atoms with Crippen molar-refractivity contribution in [1.82, 2.24) is 4.90 Å². The van der Waals surface area contributed by atoms with Gasteiger partial charge in [-0.1, -0.05) is 30.3 Å². The summed E-state index contributed by atoms with van der Waals surface area (Å²) in [6.45, 7) is 1.96. The van der Waals surface area contributed by atoms with Gasteiger partial charge in [-0.25, -0.2) is 0 Å². The van der Waals surface area contributed by atoms with Gasteiger partial charge in [0.15, 0.2) is 0 Å². The van der Waals surface area contributed by atoms with Gasteiger partial charge >= 0.3 is 5.97 Å². The zero-order valence-corrected chi connectivity index (χ0v) is 11.4. The average molecular weight is 262 g/mol. The fourth-order valence-corrected chi connectivity index (χ4v) is 2.31. The van der Waals surface area contributed by atoms with Gasteiger partial charge in [0.1, 0.15) is 12.1 Å². The fourth-order valence-electron chi connectivity index (χ4n) is 2.31. The number of piperidine rings is 1. The van der Waals surface area contributed by atoms with Crippen LogP contribution in [0.25, 0.3) is 0 Å². The molecule has 0 aromatic heterocycles. The van der Waals surface area contributed by atoms with Gasteiger partial charge in [-0.05, 0) is 31.9 Å². The number of carbonyl (C=O) groups is 1. The number of esters is 1.